The zero-order chi connectivity index (χ0) is 20.1. The Morgan fingerprint density at radius 2 is 2.07 bits per heavy atom. The molecule has 1 saturated carbocycles. The maximum absolute atomic E-state index is 12.4. The second-order valence-corrected chi connectivity index (χ2v) is 7.93. The number of amides is 1. The van der Waals surface area contributed by atoms with E-state index >= 15 is 0 Å². The van der Waals surface area contributed by atoms with Crippen LogP contribution >= 0.6 is 0 Å². The molecule has 28 heavy (non-hydrogen) atoms. The number of fused-ring (bicyclic) bond motifs is 1. The van der Waals surface area contributed by atoms with Gasteiger partial charge in [-0.1, -0.05) is 0 Å². The Morgan fingerprint density at radius 1 is 1.36 bits per heavy atom. The molecular formula is C18H26N2O8. The molecule has 0 aromatic rings. The quantitative estimate of drug-likeness (QED) is 0.595. The van der Waals surface area contributed by atoms with Gasteiger partial charge in [-0.05, 0) is 33.1 Å². The predicted octanol–water partition coefficient (Wildman–Crippen LogP) is -0.435. The highest BCUT2D eigenvalue weighted by Gasteiger charge is 2.58. The first kappa shape index (κ1) is 19.6. The van der Waals surface area contributed by atoms with E-state index < -0.39 is 54.2 Å². The second kappa shape index (κ2) is 6.96. The van der Waals surface area contributed by atoms with Crippen LogP contribution in [0.15, 0.2) is 12.3 Å². The van der Waals surface area contributed by atoms with Gasteiger partial charge in [-0.3, -0.25) is 4.79 Å². The monoisotopic (exact) mass is 398 g/mol. The minimum atomic E-state index is -1.26. The van der Waals surface area contributed by atoms with Gasteiger partial charge >= 0.3 is 5.97 Å². The number of carbonyl (C=O) groups is 2. The number of hydrogen-bond donors (Lipinski definition) is 2. The van der Waals surface area contributed by atoms with E-state index in [0.717, 1.165) is 6.42 Å². The van der Waals surface area contributed by atoms with E-state index in [4.69, 9.17) is 23.7 Å². The van der Waals surface area contributed by atoms with E-state index in [1.807, 2.05) is 0 Å². The van der Waals surface area contributed by atoms with Crippen LogP contribution in [0.5, 0.6) is 0 Å². The van der Waals surface area contributed by atoms with Crippen LogP contribution in [-0.2, 0) is 33.3 Å². The van der Waals surface area contributed by atoms with Crippen molar-refractivity contribution >= 4 is 11.9 Å². The van der Waals surface area contributed by atoms with Gasteiger partial charge in [0.05, 0.1) is 0 Å². The fourth-order valence-electron chi connectivity index (χ4n) is 4.02. The maximum atomic E-state index is 12.4. The van der Waals surface area contributed by atoms with Gasteiger partial charge in [0.25, 0.3) is 0 Å². The van der Waals surface area contributed by atoms with Crippen LogP contribution in [0, 0.1) is 0 Å². The number of methoxy groups -OCH3 is 1. The lowest BCUT2D eigenvalue weighted by Crippen LogP contribution is -2.55. The number of esters is 1. The molecule has 0 aromatic carbocycles. The van der Waals surface area contributed by atoms with E-state index in [0.29, 0.717) is 12.8 Å². The highest BCUT2D eigenvalue weighted by atomic mass is 16.8. The van der Waals surface area contributed by atoms with E-state index in [9.17, 15) is 14.7 Å². The number of hydrogen-bond acceptors (Lipinski definition) is 9. The first-order valence-corrected chi connectivity index (χ1v) is 9.42. The molecule has 3 aliphatic heterocycles. The van der Waals surface area contributed by atoms with Gasteiger partial charge in [0, 0.05) is 19.4 Å². The molecular weight excluding hydrogens is 372 g/mol. The number of rotatable bonds is 5. The van der Waals surface area contributed by atoms with Crippen molar-refractivity contribution in [3.8, 4) is 0 Å². The molecule has 3 fully saturated rings. The van der Waals surface area contributed by atoms with Crippen molar-refractivity contribution in [3.63, 3.8) is 0 Å². The van der Waals surface area contributed by atoms with Gasteiger partial charge < -0.3 is 39.0 Å². The van der Waals surface area contributed by atoms with E-state index in [-0.39, 0.29) is 6.61 Å². The zero-order valence-electron chi connectivity index (χ0n) is 16.1. The first-order valence-electron chi connectivity index (χ1n) is 9.42. The van der Waals surface area contributed by atoms with Gasteiger partial charge in [0.2, 0.25) is 12.3 Å². The smallest absolute Gasteiger partial charge is 0.338 e. The molecule has 4 rings (SSSR count). The molecule has 0 spiro atoms. The van der Waals surface area contributed by atoms with Gasteiger partial charge in [-0.25, -0.2) is 4.79 Å². The zero-order valence-corrected chi connectivity index (χ0v) is 16.1. The first-order chi connectivity index (χ1) is 13.2. The molecule has 1 amide bonds. The fraction of sp³-hybridized carbons (Fsp3) is 0.778. The number of ether oxygens (including phenoxy) is 5. The summed E-state index contributed by atoms with van der Waals surface area (Å²) >= 11 is 0. The van der Waals surface area contributed by atoms with Crippen LogP contribution in [0.4, 0.5) is 0 Å². The molecule has 156 valence electrons. The fourth-order valence-corrected chi connectivity index (χ4v) is 4.02. The molecule has 1 aliphatic carbocycles. The van der Waals surface area contributed by atoms with Crippen molar-refractivity contribution in [1.29, 1.82) is 0 Å². The van der Waals surface area contributed by atoms with Crippen LogP contribution in [0.25, 0.3) is 0 Å². The molecule has 10 nitrogen and oxygen atoms in total. The van der Waals surface area contributed by atoms with Crippen molar-refractivity contribution in [2.45, 2.75) is 75.4 Å². The summed E-state index contributed by atoms with van der Waals surface area (Å²) in [5.74, 6) is -1.67. The lowest BCUT2D eigenvalue weighted by atomic mass is 9.80. The van der Waals surface area contributed by atoms with E-state index in [2.05, 4.69) is 5.32 Å². The lowest BCUT2D eigenvalue weighted by Gasteiger charge is -2.38. The van der Waals surface area contributed by atoms with E-state index in [1.165, 1.54) is 24.3 Å². The lowest BCUT2D eigenvalue weighted by molar-refractivity contribution is -0.223. The molecule has 0 aromatic heterocycles. The summed E-state index contributed by atoms with van der Waals surface area (Å²) in [6.07, 6.45) is 1.34. The summed E-state index contributed by atoms with van der Waals surface area (Å²) in [5, 5.41) is 12.6. The predicted molar refractivity (Wildman–Crippen MR) is 92.2 cm³/mol. The Hall–Kier alpha value is -1.72. The second-order valence-electron chi connectivity index (χ2n) is 7.93. The summed E-state index contributed by atoms with van der Waals surface area (Å²) in [6.45, 7) is 3.54. The minimum absolute atomic E-state index is 0.0267. The number of aliphatic hydroxyl groups excluding tert-OH is 1. The average Bonchev–Trinajstić information content (AvgIpc) is 3.06. The SMILES string of the molecule is COC1(C(=O)OC[C@H]2O[C@@H](N3C=CC(=O)NC3O)[C@@H]3OC(C)(C)O[C@@H]32)CCC1. The summed E-state index contributed by atoms with van der Waals surface area (Å²) in [7, 11) is 1.51. The van der Waals surface area contributed by atoms with Crippen LogP contribution < -0.4 is 5.32 Å². The van der Waals surface area contributed by atoms with Crippen LogP contribution in [0.2, 0.25) is 0 Å². The van der Waals surface area contributed by atoms with Crippen LogP contribution in [0.3, 0.4) is 0 Å². The van der Waals surface area contributed by atoms with Crippen LogP contribution in [0.1, 0.15) is 33.1 Å². The third kappa shape index (κ3) is 3.29. The Labute approximate surface area is 162 Å². The van der Waals surface area contributed by atoms with Gasteiger partial charge in [0.1, 0.15) is 24.9 Å². The highest BCUT2D eigenvalue weighted by molar-refractivity contribution is 5.88. The van der Waals surface area contributed by atoms with Crippen molar-refractivity contribution in [2.24, 2.45) is 0 Å². The van der Waals surface area contributed by atoms with Crippen molar-refractivity contribution in [1.82, 2.24) is 10.2 Å². The maximum Gasteiger partial charge on any atom is 0.338 e. The summed E-state index contributed by atoms with van der Waals surface area (Å²) in [4.78, 5) is 25.3. The number of nitrogens with one attached hydrogen (secondary N) is 1. The highest BCUT2D eigenvalue weighted by Crippen LogP contribution is 2.41. The molecule has 4 aliphatic rings. The molecule has 2 N–H and O–H groups in total. The number of aliphatic hydroxyl groups is 1. The minimum Gasteiger partial charge on any atom is -0.461 e. The Kier molecular flexibility index (Phi) is 4.87. The van der Waals surface area contributed by atoms with Gasteiger partial charge in [-0.2, -0.15) is 0 Å². The Morgan fingerprint density at radius 3 is 2.68 bits per heavy atom. The van der Waals surface area contributed by atoms with E-state index in [1.54, 1.807) is 13.8 Å². The Bertz CT molecular complexity index is 671. The molecule has 0 bridgehead atoms. The summed E-state index contributed by atoms with van der Waals surface area (Å²) < 4.78 is 28.8. The van der Waals surface area contributed by atoms with Gasteiger partial charge in [0.15, 0.2) is 17.6 Å². The van der Waals surface area contributed by atoms with Crippen molar-refractivity contribution in [2.75, 3.05) is 13.7 Å². The summed E-state index contributed by atoms with van der Waals surface area (Å²) in [5.41, 5.74) is -0.861. The third-order valence-corrected chi connectivity index (χ3v) is 5.67. The van der Waals surface area contributed by atoms with Crippen molar-refractivity contribution in [3.05, 3.63) is 12.3 Å². The molecule has 0 radical (unpaired) electrons. The van der Waals surface area contributed by atoms with Gasteiger partial charge in [-0.15, -0.1) is 0 Å². The molecule has 10 heteroatoms. The standard InChI is InChI=1S/C18H26N2O8/c1-17(2)27-12-10(9-25-15(22)18(24-3)6-4-7-18)26-14(13(12)28-17)20-8-5-11(21)19-16(20)23/h5,8,10,12-14,16,23H,4,6-7,9H2,1-3H3,(H,19,21)/t10-,12-,13-,14-,16?/m1/s1. The normalized spacial score (nSPS) is 37.9. The van der Waals surface area contributed by atoms with Crippen molar-refractivity contribution < 1.29 is 38.4 Å². The average molecular weight is 398 g/mol. The van der Waals surface area contributed by atoms with Crippen LogP contribution in [-0.4, -0.2) is 77.9 Å². The number of carbonyl (C=O) groups excluding carboxylic acids is 2. The molecule has 5 atom stereocenters. The third-order valence-electron chi connectivity index (χ3n) is 5.67. The largest absolute Gasteiger partial charge is 0.461 e. The number of nitrogens with zero attached hydrogens (tertiary/aromatic N) is 1. The summed E-state index contributed by atoms with van der Waals surface area (Å²) in [6, 6.07) is 0. The Balaban J connectivity index is 1.47. The topological polar surface area (TPSA) is 116 Å². The molecule has 3 heterocycles. The molecule has 2 saturated heterocycles. The molecule has 1 unspecified atom stereocenters.